The number of hydrogen-bond donors (Lipinski definition) is 1. The maximum Gasteiger partial charge on any atom is 0.255 e. The van der Waals surface area contributed by atoms with Crippen molar-refractivity contribution in [1.82, 2.24) is 29.8 Å². The minimum atomic E-state index is -0.215. The minimum Gasteiger partial charge on any atom is -0.494 e. The highest BCUT2D eigenvalue weighted by atomic mass is 16.5. The first-order chi connectivity index (χ1) is 20.5. The van der Waals surface area contributed by atoms with Gasteiger partial charge in [-0.2, -0.15) is 0 Å². The van der Waals surface area contributed by atoms with Crippen molar-refractivity contribution in [2.24, 2.45) is 0 Å². The second-order valence-corrected chi connectivity index (χ2v) is 12.7. The van der Waals surface area contributed by atoms with Crippen molar-refractivity contribution in [3.8, 4) is 22.7 Å². The molecule has 0 atom stereocenters. The maximum atomic E-state index is 13.7. The molecule has 9 nitrogen and oxygen atoms in total. The molecule has 226 valence electrons. The average Bonchev–Trinajstić information content (AvgIpc) is 3.48. The summed E-state index contributed by atoms with van der Waals surface area (Å²) in [5.41, 5.74) is 6.65. The Balaban J connectivity index is 1.43. The molecule has 0 unspecified atom stereocenters. The number of nitrogens with one attached hydrogen (secondary N) is 1. The van der Waals surface area contributed by atoms with E-state index in [0.717, 1.165) is 60.4 Å². The van der Waals surface area contributed by atoms with Gasteiger partial charge in [0, 0.05) is 41.7 Å². The molecule has 4 aromatic rings. The Hall–Kier alpha value is -4.08. The highest BCUT2D eigenvalue weighted by molar-refractivity contribution is 6.05. The smallest absolute Gasteiger partial charge is 0.255 e. The Bertz CT molecular complexity index is 1570. The van der Waals surface area contributed by atoms with Crippen LogP contribution in [0.4, 0.5) is 5.69 Å². The molecule has 1 fully saturated rings. The largest absolute Gasteiger partial charge is 0.494 e. The Morgan fingerprint density at radius 3 is 2.58 bits per heavy atom. The van der Waals surface area contributed by atoms with Crippen molar-refractivity contribution in [2.75, 3.05) is 39.6 Å². The fraction of sp³-hybridized carbons (Fsp3) is 0.412. The van der Waals surface area contributed by atoms with Crippen LogP contribution in [0, 0.1) is 6.92 Å². The van der Waals surface area contributed by atoms with E-state index in [1.165, 1.54) is 0 Å². The number of benzene rings is 2. The van der Waals surface area contributed by atoms with E-state index in [9.17, 15) is 4.79 Å². The number of pyridine rings is 1. The van der Waals surface area contributed by atoms with Crippen LogP contribution >= 0.6 is 0 Å². The fourth-order valence-corrected chi connectivity index (χ4v) is 5.63. The third-order valence-corrected chi connectivity index (χ3v) is 8.38. The molecule has 1 aliphatic heterocycles. The summed E-state index contributed by atoms with van der Waals surface area (Å²) in [5, 5.41) is 11.8. The zero-order valence-corrected chi connectivity index (χ0v) is 26.4. The van der Waals surface area contributed by atoms with E-state index in [4.69, 9.17) is 4.74 Å². The van der Waals surface area contributed by atoms with Gasteiger partial charge in [-0.3, -0.25) is 14.7 Å². The molecule has 0 aliphatic carbocycles. The van der Waals surface area contributed by atoms with Gasteiger partial charge >= 0.3 is 0 Å². The summed E-state index contributed by atoms with van der Waals surface area (Å²) in [5.74, 6) is 0.485. The Morgan fingerprint density at radius 2 is 1.91 bits per heavy atom. The first-order valence-corrected chi connectivity index (χ1v) is 14.9. The number of rotatable bonds is 8. The molecule has 0 spiro atoms. The van der Waals surface area contributed by atoms with Crippen LogP contribution in [-0.4, -0.2) is 76.0 Å². The standard InChI is InChI=1S/C34H43N7O2/c1-23-10-11-24(18-31(23)41-22-30(37-38-41)25-9-8-14-35-20-25)33(42)36-29-19-27(34(2,3)4)17-26(32(29)43-7)21-40(6)28-12-15-39(5)16-13-28/h8-11,14,17-20,22,28H,12-13,15-16,21H2,1-7H3,(H,36,42). The van der Waals surface area contributed by atoms with E-state index < -0.39 is 0 Å². The Morgan fingerprint density at radius 1 is 1.14 bits per heavy atom. The van der Waals surface area contributed by atoms with E-state index in [-0.39, 0.29) is 11.3 Å². The van der Waals surface area contributed by atoms with Crippen LogP contribution in [0.3, 0.4) is 0 Å². The normalized spacial score (nSPS) is 14.7. The summed E-state index contributed by atoms with van der Waals surface area (Å²) in [6, 6.07) is 14.2. The number of aromatic nitrogens is 4. The molecule has 2 aromatic carbocycles. The zero-order valence-electron chi connectivity index (χ0n) is 26.4. The summed E-state index contributed by atoms with van der Waals surface area (Å²) >= 11 is 0. The predicted molar refractivity (Wildman–Crippen MR) is 171 cm³/mol. The molecule has 43 heavy (non-hydrogen) atoms. The van der Waals surface area contributed by atoms with E-state index >= 15 is 0 Å². The second-order valence-electron chi connectivity index (χ2n) is 12.7. The highest BCUT2D eigenvalue weighted by Crippen LogP contribution is 2.37. The molecule has 3 heterocycles. The third kappa shape index (κ3) is 6.95. The van der Waals surface area contributed by atoms with Crippen LogP contribution in [0.5, 0.6) is 5.75 Å². The maximum absolute atomic E-state index is 13.7. The minimum absolute atomic E-state index is 0.108. The number of amides is 1. The molecule has 2 aromatic heterocycles. The molecule has 0 saturated carbocycles. The van der Waals surface area contributed by atoms with Gasteiger partial charge in [0.1, 0.15) is 11.4 Å². The van der Waals surface area contributed by atoms with Gasteiger partial charge in [0.2, 0.25) is 0 Å². The molecule has 1 N–H and O–H groups in total. The summed E-state index contributed by atoms with van der Waals surface area (Å²) in [6.45, 7) is 11.5. The summed E-state index contributed by atoms with van der Waals surface area (Å²) < 4.78 is 7.67. The van der Waals surface area contributed by atoms with Gasteiger partial charge < -0.3 is 15.0 Å². The van der Waals surface area contributed by atoms with Crippen LogP contribution in [0.2, 0.25) is 0 Å². The van der Waals surface area contributed by atoms with Crippen molar-refractivity contribution in [2.45, 2.75) is 58.5 Å². The number of methoxy groups -OCH3 is 1. The van der Waals surface area contributed by atoms with Crippen molar-refractivity contribution in [3.63, 3.8) is 0 Å². The molecule has 0 radical (unpaired) electrons. The number of piperidine rings is 1. The van der Waals surface area contributed by atoms with E-state index in [0.29, 0.717) is 28.7 Å². The Kier molecular flexibility index (Phi) is 8.94. The van der Waals surface area contributed by atoms with Gasteiger partial charge in [-0.1, -0.05) is 38.1 Å². The van der Waals surface area contributed by atoms with Crippen molar-refractivity contribution < 1.29 is 9.53 Å². The third-order valence-electron chi connectivity index (χ3n) is 8.38. The monoisotopic (exact) mass is 581 g/mol. The molecule has 0 bridgehead atoms. The molecule has 1 aliphatic rings. The Labute approximate surface area is 254 Å². The lowest BCUT2D eigenvalue weighted by Gasteiger charge is -2.35. The van der Waals surface area contributed by atoms with E-state index in [1.807, 2.05) is 49.5 Å². The number of nitrogens with zero attached hydrogens (tertiary/aromatic N) is 6. The lowest BCUT2D eigenvalue weighted by Crippen LogP contribution is -2.41. The zero-order chi connectivity index (χ0) is 30.7. The number of aryl methyl sites for hydroxylation is 1. The molecule has 9 heteroatoms. The van der Waals surface area contributed by atoms with Gasteiger partial charge in [0.05, 0.1) is 24.7 Å². The number of likely N-dealkylation sites (tertiary alicyclic amines) is 1. The first kappa shape index (κ1) is 30.4. The average molecular weight is 582 g/mol. The van der Waals surface area contributed by atoms with Crippen LogP contribution < -0.4 is 10.1 Å². The summed E-state index contributed by atoms with van der Waals surface area (Å²) in [6.07, 6.45) is 7.61. The number of ether oxygens (including phenoxy) is 1. The van der Waals surface area contributed by atoms with Gasteiger partial charge in [0.25, 0.3) is 5.91 Å². The van der Waals surface area contributed by atoms with Crippen LogP contribution in [0.1, 0.15) is 60.7 Å². The molecule has 1 amide bonds. The van der Waals surface area contributed by atoms with E-state index in [2.05, 4.69) is 71.3 Å². The summed E-state index contributed by atoms with van der Waals surface area (Å²) in [7, 11) is 6.05. The quantitative estimate of drug-likeness (QED) is 0.285. The number of anilines is 1. The first-order valence-electron chi connectivity index (χ1n) is 14.9. The number of carbonyl (C=O) groups is 1. The lowest BCUT2D eigenvalue weighted by molar-refractivity contribution is 0.102. The van der Waals surface area contributed by atoms with Crippen molar-refractivity contribution in [1.29, 1.82) is 0 Å². The van der Waals surface area contributed by atoms with Gasteiger partial charge in [-0.05, 0) is 93.8 Å². The predicted octanol–water partition coefficient (Wildman–Crippen LogP) is 5.72. The fourth-order valence-electron chi connectivity index (χ4n) is 5.63. The molecule has 1 saturated heterocycles. The SMILES string of the molecule is COc1c(CN(C)C2CCN(C)CC2)cc(C(C)(C)C)cc1NC(=O)c1ccc(C)c(-n2cc(-c3cccnc3)nn2)c1. The van der Waals surface area contributed by atoms with Crippen LogP contribution in [-0.2, 0) is 12.0 Å². The van der Waals surface area contributed by atoms with Crippen LogP contribution in [0.15, 0.2) is 61.1 Å². The topological polar surface area (TPSA) is 88.4 Å². The van der Waals surface area contributed by atoms with Crippen molar-refractivity contribution in [3.05, 3.63) is 83.3 Å². The molecular formula is C34H43N7O2. The second kappa shape index (κ2) is 12.7. The van der Waals surface area contributed by atoms with Crippen LogP contribution in [0.25, 0.3) is 16.9 Å². The van der Waals surface area contributed by atoms with Gasteiger partial charge in [-0.25, -0.2) is 4.68 Å². The van der Waals surface area contributed by atoms with E-state index in [1.54, 1.807) is 24.2 Å². The molecule has 5 rings (SSSR count). The number of carbonyl (C=O) groups excluding carboxylic acids is 1. The lowest BCUT2D eigenvalue weighted by atomic mass is 9.85. The summed E-state index contributed by atoms with van der Waals surface area (Å²) in [4.78, 5) is 22.7. The molecular weight excluding hydrogens is 538 g/mol. The van der Waals surface area contributed by atoms with Gasteiger partial charge in [0.15, 0.2) is 0 Å². The highest BCUT2D eigenvalue weighted by Gasteiger charge is 2.25. The van der Waals surface area contributed by atoms with Crippen molar-refractivity contribution >= 4 is 11.6 Å². The van der Waals surface area contributed by atoms with Gasteiger partial charge in [-0.15, -0.1) is 5.10 Å². The number of hydrogen-bond acceptors (Lipinski definition) is 7.